The number of aliphatic carboxylic acids is 1. The number of thiazole rings is 1. The van der Waals surface area contributed by atoms with Crippen LogP contribution >= 0.6 is 11.3 Å². The van der Waals surface area contributed by atoms with Gasteiger partial charge in [-0.05, 0) is 36.4 Å². The molecule has 37 heavy (non-hydrogen) atoms. The van der Waals surface area contributed by atoms with Crippen molar-refractivity contribution in [1.82, 2.24) is 14.6 Å². The molecule has 3 heterocycles. The number of furan rings is 1. The average Bonchev–Trinajstić information content (AvgIpc) is 3.43. The smallest absolute Gasteiger partial charge is 0.300 e. The van der Waals surface area contributed by atoms with Crippen LogP contribution in [-0.2, 0) is 14.8 Å². The van der Waals surface area contributed by atoms with Crippen LogP contribution < -0.4 is 20.8 Å². The van der Waals surface area contributed by atoms with Crippen molar-refractivity contribution in [2.45, 2.75) is 11.8 Å². The molecule has 0 atom stereocenters. The number of benzene rings is 2. The Balaban J connectivity index is 0.000000747. The lowest BCUT2D eigenvalue weighted by Gasteiger charge is -2.00. The molecule has 0 aliphatic rings. The van der Waals surface area contributed by atoms with Gasteiger partial charge in [-0.15, -0.1) is 0 Å². The predicted octanol–water partition coefficient (Wildman–Crippen LogP) is 1.72. The molecule has 0 saturated carbocycles. The average molecular weight is 539 g/mol. The molecule has 0 saturated heterocycles. The molecule has 3 aromatic heterocycles. The van der Waals surface area contributed by atoms with Crippen LogP contribution in [0.2, 0.25) is 0 Å². The Morgan fingerprint density at radius 2 is 1.68 bits per heavy atom. The number of primary sulfonamides is 1. The number of rotatable bonds is 4. The summed E-state index contributed by atoms with van der Waals surface area (Å²) in [7, 11) is -3.79. The van der Waals surface area contributed by atoms with Crippen LogP contribution in [0.5, 0.6) is 0 Å². The maximum atomic E-state index is 12.9. The summed E-state index contributed by atoms with van der Waals surface area (Å²) in [4.78, 5) is 38.5. The maximum absolute atomic E-state index is 12.9. The first-order valence-corrected chi connectivity index (χ1v) is 12.8. The van der Waals surface area contributed by atoms with Crippen molar-refractivity contribution >= 4 is 38.4 Å². The Hall–Kier alpha value is -4.46. The first-order valence-electron chi connectivity index (χ1n) is 10.5. The van der Waals surface area contributed by atoms with Crippen molar-refractivity contribution in [1.29, 1.82) is 0 Å². The van der Waals surface area contributed by atoms with Crippen molar-refractivity contribution in [3.63, 3.8) is 0 Å². The molecule has 188 valence electrons. The van der Waals surface area contributed by atoms with Gasteiger partial charge < -0.3 is 9.52 Å². The van der Waals surface area contributed by atoms with Gasteiger partial charge in [0, 0.05) is 24.1 Å². The minimum absolute atomic E-state index is 0.00416. The van der Waals surface area contributed by atoms with E-state index in [1.807, 2.05) is 6.07 Å². The molecular formula is C24H18N4O7S2. The number of nitrogens with zero attached hydrogens (tertiary/aromatic N) is 3. The highest BCUT2D eigenvalue weighted by molar-refractivity contribution is 7.89. The van der Waals surface area contributed by atoms with E-state index in [1.165, 1.54) is 18.2 Å². The quantitative estimate of drug-likeness (QED) is 0.345. The van der Waals surface area contributed by atoms with Crippen LogP contribution in [0.25, 0.3) is 33.6 Å². The van der Waals surface area contributed by atoms with E-state index in [4.69, 9.17) is 19.5 Å². The lowest BCUT2D eigenvalue weighted by atomic mass is 10.2. The van der Waals surface area contributed by atoms with E-state index in [9.17, 15) is 18.0 Å². The Labute approximate surface area is 212 Å². The van der Waals surface area contributed by atoms with Gasteiger partial charge in [0.15, 0.2) is 5.69 Å². The predicted molar refractivity (Wildman–Crippen MR) is 136 cm³/mol. The lowest BCUT2D eigenvalue weighted by molar-refractivity contribution is -0.134. The molecule has 5 aromatic rings. The van der Waals surface area contributed by atoms with Crippen LogP contribution in [0.1, 0.15) is 12.7 Å². The van der Waals surface area contributed by atoms with Gasteiger partial charge >= 0.3 is 5.56 Å². The summed E-state index contributed by atoms with van der Waals surface area (Å²) in [5, 5.41) is 16.8. The molecule has 0 aliphatic heterocycles. The van der Waals surface area contributed by atoms with Crippen molar-refractivity contribution < 1.29 is 22.7 Å². The Morgan fingerprint density at radius 1 is 1.03 bits per heavy atom. The molecular weight excluding hydrogens is 520 g/mol. The number of nitrogens with two attached hydrogens (primary N) is 1. The number of carboxylic acids is 1. The fourth-order valence-corrected chi connectivity index (χ4v) is 4.61. The Morgan fingerprint density at radius 3 is 2.30 bits per heavy atom. The van der Waals surface area contributed by atoms with Crippen LogP contribution in [0.15, 0.2) is 85.6 Å². The zero-order valence-corrected chi connectivity index (χ0v) is 20.7. The summed E-state index contributed by atoms with van der Waals surface area (Å²) in [5.41, 5.74) is 0.372. The molecule has 0 amide bonds. The number of carbonyl (C=O) groups is 1. The normalized spacial score (nSPS) is 11.8. The summed E-state index contributed by atoms with van der Waals surface area (Å²) in [6.07, 6.45) is 1.54. The fourth-order valence-electron chi connectivity index (χ4n) is 3.21. The van der Waals surface area contributed by atoms with Crippen molar-refractivity contribution in [3.8, 4) is 22.6 Å². The highest BCUT2D eigenvalue weighted by atomic mass is 32.2. The number of hydrogen-bond donors (Lipinski definition) is 2. The zero-order valence-electron chi connectivity index (χ0n) is 19.1. The van der Waals surface area contributed by atoms with E-state index in [0.717, 1.165) is 22.8 Å². The Kier molecular flexibility index (Phi) is 7.11. The van der Waals surface area contributed by atoms with E-state index in [0.29, 0.717) is 27.2 Å². The summed E-state index contributed by atoms with van der Waals surface area (Å²) >= 11 is 1.03. The van der Waals surface area contributed by atoms with E-state index in [-0.39, 0.29) is 15.6 Å². The molecule has 2 aromatic carbocycles. The van der Waals surface area contributed by atoms with Crippen LogP contribution in [0.4, 0.5) is 0 Å². The Bertz CT molecular complexity index is 1870. The molecule has 13 heteroatoms. The van der Waals surface area contributed by atoms with Gasteiger partial charge in [0.05, 0.1) is 4.90 Å². The molecule has 0 bridgehead atoms. The molecule has 0 radical (unpaired) electrons. The number of hydrogen-bond acceptors (Lipinski definition) is 9. The third kappa shape index (κ3) is 5.86. The third-order valence-corrected chi connectivity index (χ3v) is 6.69. The van der Waals surface area contributed by atoms with Gasteiger partial charge in [-0.25, -0.2) is 13.6 Å². The highest BCUT2D eigenvalue weighted by Gasteiger charge is 2.13. The SMILES string of the molecule is CC(=O)O.NS(=O)(=O)c1ccc(-c2ccc(/C=c3\sc4nc(=O)c(-c5ccccc5)nn4c3=O)o2)cc1. The second-order valence-corrected chi connectivity index (χ2v) is 10.1. The van der Waals surface area contributed by atoms with E-state index >= 15 is 0 Å². The van der Waals surface area contributed by atoms with Gasteiger partial charge in [0.1, 0.15) is 16.1 Å². The number of aromatic nitrogens is 3. The van der Waals surface area contributed by atoms with Gasteiger partial charge in [0.2, 0.25) is 15.0 Å². The van der Waals surface area contributed by atoms with Crippen molar-refractivity contribution in [2.24, 2.45) is 5.14 Å². The molecule has 3 N–H and O–H groups in total. The minimum atomic E-state index is -3.79. The highest BCUT2D eigenvalue weighted by Crippen LogP contribution is 2.24. The number of sulfonamides is 1. The van der Waals surface area contributed by atoms with Crippen LogP contribution in [0.3, 0.4) is 0 Å². The summed E-state index contributed by atoms with van der Waals surface area (Å²) in [6.45, 7) is 1.08. The van der Waals surface area contributed by atoms with Crippen LogP contribution in [-0.4, -0.2) is 34.1 Å². The van der Waals surface area contributed by atoms with Gasteiger partial charge in [-0.2, -0.15) is 14.6 Å². The fraction of sp³-hybridized carbons (Fsp3) is 0.0417. The summed E-state index contributed by atoms with van der Waals surface area (Å²) < 4.78 is 30.0. The zero-order chi connectivity index (χ0) is 26.7. The molecule has 11 nitrogen and oxygen atoms in total. The van der Waals surface area contributed by atoms with E-state index < -0.39 is 27.1 Å². The first kappa shape index (κ1) is 25.6. The topological polar surface area (TPSA) is 175 Å². The summed E-state index contributed by atoms with van der Waals surface area (Å²) in [5.74, 6) is 0.0447. The molecule has 5 rings (SSSR count). The number of fused-ring (bicyclic) bond motifs is 1. The largest absolute Gasteiger partial charge is 0.481 e. The number of carboxylic acid groups (broad SMARTS) is 1. The lowest BCUT2D eigenvalue weighted by Crippen LogP contribution is -2.26. The maximum Gasteiger partial charge on any atom is 0.300 e. The second kappa shape index (κ2) is 10.3. The van der Waals surface area contributed by atoms with Crippen LogP contribution in [0, 0.1) is 0 Å². The van der Waals surface area contributed by atoms with E-state index in [1.54, 1.807) is 48.5 Å². The summed E-state index contributed by atoms with van der Waals surface area (Å²) in [6, 6.07) is 18.1. The van der Waals surface area contributed by atoms with Crippen molar-refractivity contribution in [3.05, 3.63) is 97.7 Å². The van der Waals surface area contributed by atoms with Gasteiger partial charge in [-0.3, -0.25) is 14.4 Å². The standard InChI is InChI=1S/C22H14N4O5S2.C2H4O2/c23-33(29,30)16-9-6-13(7-10-16)17-11-8-15(31-17)12-18-21(28)26-22(32-18)24-20(27)19(25-26)14-4-2-1-3-5-14;1-2(3)4/h1-12H,(H2,23,29,30);1H3,(H,3,4)/b18-12-;. The van der Waals surface area contributed by atoms with E-state index in [2.05, 4.69) is 10.1 Å². The second-order valence-electron chi connectivity index (χ2n) is 7.53. The molecule has 0 spiro atoms. The monoisotopic (exact) mass is 538 g/mol. The minimum Gasteiger partial charge on any atom is -0.481 e. The van der Waals surface area contributed by atoms with Gasteiger partial charge in [0.25, 0.3) is 11.5 Å². The van der Waals surface area contributed by atoms with Gasteiger partial charge in [-0.1, -0.05) is 41.7 Å². The van der Waals surface area contributed by atoms with Crippen molar-refractivity contribution in [2.75, 3.05) is 0 Å². The molecule has 0 fully saturated rings. The first-order chi connectivity index (χ1) is 17.5. The molecule has 0 aliphatic carbocycles. The third-order valence-electron chi connectivity index (χ3n) is 4.80. The molecule has 0 unspecified atom stereocenters.